The SMILES string of the molecule is CCOc1ccc(C#CC(=O)C#Cc2ccc(OCC)cc2)cc1. The number of ether oxygens (including phenoxy) is 2. The molecule has 0 fully saturated rings. The van der Waals surface area contributed by atoms with E-state index in [4.69, 9.17) is 9.47 Å². The van der Waals surface area contributed by atoms with E-state index in [1.807, 2.05) is 62.4 Å². The summed E-state index contributed by atoms with van der Waals surface area (Å²) in [6.45, 7) is 5.08. The lowest BCUT2D eigenvalue weighted by molar-refractivity contribution is -0.108. The average molecular weight is 318 g/mol. The number of hydrogen-bond donors (Lipinski definition) is 0. The monoisotopic (exact) mass is 318 g/mol. The van der Waals surface area contributed by atoms with Crippen molar-refractivity contribution in [2.75, 3.05) is 13.2 Å². The third kappa shape index (κ3) is 5.55. The van der Waals surface area contributed by atoms with Gasteiger partial charge in [-0.2, -0.15) is 0 Å². The molecule has 120 valence electrons. The van der Waals surface area contributed by atoms with E-state index in [0.717, 1.165) is 22.6 Å². The van der Waals surface area contributed by atoms with Gasteiger partial charge in [-0.25, -0.2) is 0 Å². The zero-order valence-corrected chi connectivity index (χ0v) is 13.8. The first-order valence-corrected chi connectivity index (χ1v) is 7.75. The summed E-state index contributed by atoms with van der Waals surface area (Å²) in [4.78, 5) is 11.7. The van der Waals surface area contributed by atoms with Gasteiger partial charge in [-0.05, 0) is 74.2 Å². The third-order valence-corrected chi connectivity index (χ3v) is 2.97. The Bertz CT molecular complexity index is 725. The van der Waals surface area contributed by atoms with Crippen LogP contribution in [0, 0.1) is 23.7 Å². The number of hydrogen-bond acceptors (Lipinski definition) is 3. The van der Waals surface area contributed by atoms with E-state index in [0.29, 0.717) is 13.2 Å². The van der Waals surface area contributed by atoms with E-state index in [9.17, 15) is 4.79 Å². The molecule has 0 heterocycles. The van der Waals surface area contributed by atoms with Gasteiger partial charge in [0.25, 0.3) is 5.78 Å². The van der Waals surface area contributed by atoms with Crippen LogP contribution in [0.5, 0.6) is 11.5 Å². The second-order valence-corrected chi connectivity index (χ2v) is 4.74. The standard InChI is InChI=1S/C21H18O3/c1-3-23-20-13-7-17(8-14-20)5-11-19(22)12-6-18-9-15-21(16-10-18)24-4-2/h7-10,13-16H,3-4H2,1-2H3. The highest BCUT2D eigenvalue weighted by atomic mass is 16.5. The number of Topliss-reactive ketones (excluding diaryl/α,β-unsaturated/α-hetero) is 1. The molecule has 2 aromatic rings. The minimum atomic E-state index is -0.419. The fraction of sp³-hybridized carbons (Fsp3) is 0.190. The fourth-order valence-electron chi connectivity index (χ4n) is 1.89. The largest absolute Gasteiger partial charge is 0.494 e. The lowest BCUT2D eigenvalue weighted by atomic mass is 10.2. The van der Waals surface area contributed by atoms with Crippen molar-refractivity contribution in [1.82, 2.24) is 0 Å². The zero-order chi connectivity index (χ0) is 17.2. The van der Waals surface area contributed by atoms with E-state index in [1.54, 1.807) is 0 Å². The van der Waals surface area contributed by atoms with Crippen LogP contribution < -0.4 is 9.47 Å². The Hall–Kier alpha value is -3.17. The molecule has 0 amide bonds. The quantitative estimate of drug-likeness (QED) is 0.810. The van der Waals surface area contributed by atoms with Crippen molar-refractivity contribution in [3.05, 3.63) is 59.7 Å². The third-order valence-electron chi connectivity index (χ3n) is 2.97. The molecule has 0 aliphatic carbocycles. The molecule has 0 radical (unpaired) electrons. The Morgan fingerprint density at radius 2 is 1.12 bits per heavy atom. The Morgan fingerprint density at radius 1 is 0.750 bits per heavy atom. The molecule has 0 spiro atoms. The van der Waals surface area contributed by atoms with Crippen molar-refractivity contribution >= 4 is 5.78 Å². The molecule has 0 saturated heterocycles. The summed E-state index contributed by atoms with van der Waals surface area (Å²) in [6.07, 6.45) is 0. The summed E-state index contributed by atoms with van der Waals surface area (Å²) >= 11 is 0. The molecule has 24 heavy (non-hydrogen) atoms. The Kier molecular flexibility index (Phi) is 6.50. The van der Waals surface area contributed by atoms with Crippen molar-refractivity contribution < 1.29 is 14.3 Å². The molecule has 0 unspecified atom stereocenters. The summed E-state index contributed by atoms with van der Waals surface area (Å²) in [5, 5.41) is 0. The van der Waals surface area contributed by atoms with Crippen molar-refractivity contribution in [2.45, 2.75) is 13.8 Å². The molecular formula is C21H18O3. The molecule has 0 aromatic heterocycles. The van der Waals surface area contributed by atoms with Gasteiger partial charge in [0.1, 0.15) is 11.5 Å². The topological polar surface area (TPSA) is 35.5 Å². The molecule has 0 N–H and O–H groups in total. The zero-order valence-electron chi connectivity index (χ0n) is 13.8. The first kappa shape index (κ1) is 17.2. The molecule has 0 atom stereocenters. The highest BCUT2D eigenvalue weighted by Crippen LogP contribution is 2.12. The van der Waals surface area contributed by atoms with E-state index < -0.39 is 5.78 Å². The van der Waals surface area contributed by atoms with Crippen molar-refractivity contribution in [3.63, 3.8) is 0 Å². The van der Waals surface area contributed by atoms with Crippen LogP contribution >= 0.6 is 0 Å². The van der Waals surface area contributed by atoms with Crippen LogP contribution in [-0.4, -0.2) is 19.0 Å². The number of carbonyl (C=O) groups excluding carboxylic acids is 1. The van der Waals surface area contributed by atoms with Crippen molar-refractivity contribution in [3.8, 4) is 35.2 Å². The Labute approximate surface area is 142 Å². The number of benzene rings is 2. The summed E-state index contributed by atoms with van der Waals surface area (Å²) < 4.78 is 10.7. The van der Waals surface area contributed by atoms with Crippen LogP contribution in [-0.2, 0) is 4.79 Å². The predicted molar refractivity (Wildman–Crippen MR) is 94.0 cm³/mol. The van der Waals surface area contributed by atoms with E-state index in [2.05, 4.69) is 23.7 Å². The van der Waals surface area contributed by atoms with Gasteiger partial charge in [0.2, 0.25) is 0 Å². The molecule has 0 aliphatic rings. The van der Waals surface area contributed by atoms with Crippen molar-refractivity contribution in [2.24, 2.45) is 0 Å². The minimum absolute atomic E-state index is 0.419. The summed E-state index contributed by atoms with van der Waals surface area (Å²) in [5.41, 5.74) is 1.49. The summed E-state index contributed by atoms with van der Waals surface area (Å²) in [5.74, 6) is 11.8. The molecule has 2 aromatic carbocycles. The maximum atomic E-state index is 11.7. The minimum Gasteiger partial charge on any atom is -0.494 e. The van der Waals surface area contributed by atoms with Gasteiger partial charge in [-0.1, -0.05) is 11.8 Å². The smallest absolute Gasteiger partial charge is 0.279 e. The van der Waals surface area contributed by atoms with Crippen LogP contribution in [0.2, 0.25) is 0 Å². The van der Waals surface area contributed by atoms with Gasteiger partial charge in [0, 0.05) is 11.1 Å². The second-order valence-electron chi connectivity index (χ2n) is 4.74. The van der Waals surface area contributed by atoms with Crippen LogP contribution in [0.4, 0.5) is 0 Å². The van der Waals surface area contributed by atoms with Gasteiger partial charge in [-0.3, -0.25) is 4.79 Å². The van der Waals surface area contributed by atoms with E-state index >= 15 is 0 Å². The average Bonchev–Trinajstić information content (AvgIpc) is 2.61. The molecule has 0 aliphatic heterocycles. The van der Waals surface area contributed by atoms with Crippen LogP contribution in [0.3, 0.4) is 0 Å². The number of ketones is 1. The maximum absolute atomic E-state index is 11.7. The predicted octanol–water partition coefficient (Wildman–Crippen LogP) is 3.46. The maximum Gasteiger partial charge on any atom is 0.279 e. The van der Waals surface area contributed by atoms with E-state index in [1.165, 1.54) is 0 Å². The second kappa shape index (κ2) is 9.08. The summed E-state index contributed by atoms with van der Waals surface area (Å²) in [6, 6.07) is 14.5. The fourth-order valence-corrected chi connectivity index (χ4v) is 1.89. The van der Waals surface area contributed by atoms with Crippen LogP contribution in [0.15, 0.2) is 48.5 Å². The number of carbonyl (C=O) groups is 1. The van der Waals surface area contributed by atoms with Gasteiger partial charge >= 0.3 is 0 Å². The van der Waals surface area contributed by atoms with Crippen LogP contribution in [0.1, 0.15) is 25.0 Å². The first-order chi connectivity index (χ1) is 11.7. The molecular weight excluding hydrogens is 300 g/mol. The van der Waals surface area contributed by atoms with Gasteiger partial charge in [-0.15, -0.1) is 0 Å². The highest BCUT2D eigenvalue weighted by molar-refractivity contribution is 6.09. The summed E-state index contributed by atoms with van der Waals surface area (Å²) in [7, 11) is 0. The van der Waals surface area contributed by atoms with Crippen LogP contribution in [0.25, 0.3) is 0 Å². The first-order valence-electron chi connectivity index (χ1n) is 7.75. The molecule has 3 nitrogen and oxygen atoms in total. The van der Waals surface area contributed by atoms with Gasteiger partial charge in [0.15, 0.2) is 0 Å². The molecule has 2 rings (SSSR count). The van der Waals surface area contributed by atoms with Gasteiger partial charge < -0.3 is 9.47 Å². The molecule has 0 saturated carbocycles. The molecule has 3 heteroatoms. The van der Waals surface area contributed by atoms with Crippen molar-refractivity contribution in [1.29, 1.82) is 0 Å². The molecule has 0 bridgehead atoms. The van der Waals surface area contributed by atoms with Gasteiger partial charge in [0.05, 0.1) is 13.2 Å². The Balaban J connectivity index is 1.98. The lowest BCUT2D eigenvalue weighted by Gasteiger charge is -2.01. The highest BCUT2D eigenvalue weighted by Gasteiger charge is 1.94. The Morgan fingerprint density at radius 3 is 1.46 bits per heavy atom. The number of rotatable bonds is 4. The lowest BCUT2D eigenvalue weighted by Crippen LogP contribution is -1.91. The van der Waals surface area contributed by atoms with E-state index in [-0.39, 0.29) is 0 Å². The normalized spacial score (nSPS) is 9.08.